The van der Waals surface area contributed by atoms with E-state index in [-0.39, 0.29) is 11.6 Å². The molecule has 2 saturated heterocycles. The highest BCUT2D eigenvalue weighted by molar-refractivity contribution is 5.32. The van der Waals surface area contributed by atoms with Crippen molar-refractivity contribution in [2.75, 3.05) is 32.7 Å². The fraction of sp³-hybridized carbons (Fsp3) is 0.647. The second kappa shape index (κ2) is 6.75. The lowest BCUT2D eigenvalue weighted by Gasteiger charge is -2.34. The lowest BCUT2D eigenvalue weighted by Crippen LogP contribution is -2.37. The summed E-state index contributed by atoms with van der Waals surface area (Å²) in [7, 11) is 0. The second-order valence-electron chi connectivity index (χ2n) is 6.50. The third-order valence-electron chi connectivity index (χ3n) is 4.86. The predicted octanol–water partition coefficient (Wildman–Crippen LogP) is 2.84. The molecule has 0 unspecified atom stereocenters. The molecule has 0 atom stereocenters. The molecule has 0 spiro atoms. The molecular weight excluding hydrogens is 267 g/mol. The predicted molar refractivity (Wildman–Crippen MR) is 81.7 cm³/mol. The van der Waals surface area contributed by atoms with Gasteiger partial charge >= 0.3 is 0 Å². The Morgan fingerprint density at radius 2 is 1.76 bits per heavy atom. The minimum atomic E-state index is -0.272. The quantitative estimate of drug-likeness (QED) is 0.924. The Kier molecular flexibility index (Phi) is 4.76. The molecule has 2 fully saturated rings. The summed E-state index contributed by atoms with van der Waals surface area (Å²) in [6.07, 6.45) is 5.15. The molecule has 3 nitrogen and oxygen atoms in total. The molecule has 4 heteroatoms. The average Bonchev–Trinajstić information content (AvgIpc) is 2.98. The van der Waals surface area contributed by atoms with Gasteiger partial charge in [0.15, 0.2) is 0 Å². The maximum atomic E-state index is 13.3. The lowest BCUT2D eigenvalue weighted by molar-refractivity contribution is 0.148. The first-order valence-corrected chi connectivity index (χ1v) is 8.13. The van der Waals surface area contributed by atoms with Crippen molar-refractivity contribution in [2.45, 2.75) is 32.2 Å². The number of aromatic hydroxyl groups is 1. The number of phenols is 1. The summed E-state index contributed by atoms with van der Waals surface area (Å²) in [4.78, 5) is 4.92. The molecule has 0 radical (unpaired) electrons. The summed E-state index contributed by atoms with van der Waals surface area (Å²) < 4.78 is 13.3. The van der Waals surface area contributed by atoms with E-state index in [1.54, 1.807) is 0 Å². The van der Waals surface area contributed by atoms with Crippen molar-refractivity contribution in [2.24, 2.45) is 5.92 Å². The highest BCUT2D eigenvalue weighted by Crippen LogP contribution is 2.24. The third-order valence-corrected chi connectivity index (χ3v) is 4.86. The van der Waals surface area contributed by atoms with Crippen LogP contribution in [0.3, 0.4) is 0 Å². The monoisotopic (exact) mass is 292 g/mol. The lowest BCUT2D eigenvalue weighted by atomic mass is 9.96. The SMILES string of the molecule is Oc1ccc(F)cc1CN1CCC(CN2CCCC2)CC1. The maximum absolute atomic E-state index is 13.3. The summed E-state index contributed by atoms with van der Waals surface area (Å²) in [5, 5.41) is 9.81. The van der Waals surface area contributed by atoms with Crippen LogP contribution in [-0.4, -0.2) is 47.6 Å². The summed E-state index contributed by atoms with van der Waals surface area (Å²) in [5.41, 5.74) is 0.702. The zero-order valence-electron chi connectivity index (χ0n) is 12.6. The third kappa shape index (κ3) is 3.95. The van der Waals surface area contributed by atoms with Crippen molar-refractivity contribution >= 4 is 0 Å². The zero-order chi connectivity index (χ0) is 14.7. The summed E-state index contributed by atoms with van der Waals surface area (Å²) in [6, 6.07) is 4.21. The van der Waals surface area contributed by atoms with Gasteiger partial charge in [0, 0.05) is 18.7 Å². The fourth-order valence-corrected chi connectivity index (χ4v) is 3.58. The van der Waals surface area contributed by atoms with Gasteiger partial charge in [-0.25, -0.2) is 4.39 Å². The van der Waals surface area contributed by atoms with E-state index >= 15 is 0 Å². The van der Waals surface area contributed by atoms with E-state index in [9.17, 15) is 9.50 Å². The number of piperidine rings is 1. The molecular formula is C17H25FN2O. The molecule has 116 valence electrons. The first-order valence-electron chi connectivity index (χ1n) is 8.13. The Balaban J connectivity index is 1.48. The van der Waals surface area contributed by atoms with E-state index in [2.05, 4.69) is 9.80 Å². The molecule has 21 heavy (non-hydrogen) atoms. The number of halogens is 1. The summed E-state index contributed by atoms with van der Waals surface area (Å²) in [6.45, 7) is 6.55. The Bertz CT molecular complexity index is 466. The molecule has 1 N–H and O–H groups in total. The van der Waals surface area contributed by atoms with Gasteiger partial charge in [-0.15, -0.1) is 0 Å². The first kappa shape index (κ1) is 14.8. The van der Waals surface area contributed by atoms with Crippen molar-refractivity contribution in [1.82, 2.24) is 9.80 Å². The van der Waals surface area contributed by atoms with E-state index in [4.69, 9.17) is 0 Å². The van der Waals surface area contributed by atoms with Crippen LogP contribution in [0.25, 0.3) is 0 Å². The molecule has 0 aliphatic carbocycles. The largest absolute Gasteiger partial charge is 0.508 e. The van der Waals surface area contributed by atoms with Gasteiger partial charge in [0.2, 0.25) is 0 Å². The minimum absolute atomic E-state index is 0.204. The van der Waals surface area contributed by atoms with Crippen LogP contribution >= 0.6 is 0 Å². The highest BCUT2D eigenvalue weighted by Gasteiger charge is 2.23. The van der Waals surface area contributed by atoms with Gasteiger partial charge in [-0.2, -0.15) is 0 Å². The standard InChI is InChI=1S/C17H25FN2O/c18-16-3-4-17(21)15(11-16)13-20-9-5-14(6-10-20)12-19-7-1-2-8-19/h3-4,11,14,21H,1-2,5-10,12-13H2. The maximum Gasteiger partial charge on any atom is 0.123 e. The summed E-state index contributed by atoms with van der Waals surface area (Å²) >= 11 is 0. The van der Waals surface area contributed by atoms with Gasteiger partial charge < -0.3 is 10.0 Å². The smallest absolute Gasteiger partial charge is 0.123 e. The normalized spacial score (nSPS) is 22.0. The van der Waals surface area contributed by atoms with E-state index in [1.807, 2.05) is 0 Å². The minimum Gasteiger partial charge on any atom is -0.508 e. The number of hydrogen-bond donors (Lipinski definition) is 1. The van der Waals surface area contributed by atoms with Gasteiger partial charge in [-0.1, -0.05) is 0 Å². The average molecular weight is 292 g/mol. The zero-order valence-corrected chi connectivity index (χ0v) is 12.6. The molecule has 0 saturated carbocycles. The van der Waals surface area contributed by atoms with Crippen LogP contribution in [0, 0.1) is 11.7 Å². The molecule has 1 aromatic rings. The van der Waals surface area contributed by atoms with Crippen LogP contribution in [0.5, 0.6) is 5.75 Å². The number of nitrogens with zero attached hydrogens (tertiary/aromatic N) is 2. The van der Waals surface area contributed by atoms with E-state index in [0.717, 1.165) is 19.0 Å². The molecule has 3 rings (SSSR count). The van der Waals surface area contributed by atoms with Crippen LogP contribution in [0.15, 0.2) is 18.2 Å². The summed E-state index contributed by atoms with van der Waals surface area (Å²) in [5.74, 6) is 0.739. The number of benzene rings is 1. The molecule has 0 bridgehead atoms. The molecule has 2 heterocycles. The van der Waals surface area contributed by atoms with E-state index < -0.39 is 0 Å². The Morgan fingerprint density at radius 1 is 1.05 bits per heavy atom. The second-order valence-corrected chi connectivity index (χ2v) is 6.50. The van der Waals surface area contributed by atoms with Gasteiger partial charge in [-0.3, -0.25) is 4.90 Å². The van der Waals surface area contributed by atoms with Crippen molar-refractivity contribution in [3.63, 3.8) is 0 Å². The molecule has 0 aromatic heterocycles. The van der Waals surface area contributed by atoms with Crippen molar-refractivity contribution in [3.8, 4) is 5.75 Å². The van der Waals surface area contributed by atoms with Crippen LogP contribution in [0.2, 0.25) is 0 Å². The van der Waals surface area contributed by atoms with Crippen LogP contribution in [0.1, 0.15) is 31.2 Å². The molecule has 1 aromatic carbocycles. The van der Waals surface area contributed by atoms with Crippen LogP contribution in [-0.2, 0) is 6.54 Å². The Hall–Kier alpha value is -1.13. The molecule has 2 aliphatic heterocycles. The van der Waals surface area contributed by atoms with Crippen LogP contribution in [0.4, 0.5) is 4.39 Å². The number of likely N-dealkylation sites (tertiary alicyclic amines) is 2. The van der Waals surface area contributed by atoms with Crippen molar-refractivity contribution < 1.29 is 9.50 Å². The first-order chi connectivity index (χ1) is 10.2. The Labute approximate surface area is 126 Å². The number of phenolic OH excluding ortho intramolecular Hbond substituents is 1. The highest BCUT2D eigenvalue weighted by atomic mass is 19.1. The fourth-order valence-electron chi connectivity index (χ4n) is 3.58. The van der Waals surface area contributed by atoms with E-state index in [0.29, 0.717) is 12.1 Å². The van der Waals surface area contributed by atoms with Gasteiger partial charge in [0.05, 0.1) is 0 Å². The number of hydrogen-bond acceptors (Lipinski definition) is 3. The topological polar surface area (TPSA) is 26.7 Å². The molecule has 2 aliphatic rings. The number of rotatable bonds is 4. The van der Waals surface area contributed by atoms with Crippen LogP contribution < -0.4 is 0 Å². The molecule has 0 amide bonds. The Morgan fingerprint density at radius 3 is 2.48 bits per heavy atom. The van der Waals surface area contributed by atoms with Gasteiger partial charge in [-0.05, 0) is 76.0 Å². The van der Waals surface area contributed by atoms with Gasteiger partial charge in [0.25, 0.3) is 0 Å². The van der Waals surface area contributed by atoms with Gasteiger partial charge in [0.1, 0.15) is 11.6 Å². The van der Waals surface area contributed by atoms with Crippen molar-refractivity contribution in [1.29, 1.82) is 0 Å². The van der Waals surface area contributed by atoms with Crippen molar-refractivity contribution in [3.05, 3.63) is 29.6 Å². The van der Waals surface area contributed by atoms with E-state index in [1.165, 1.54) is 63.5 Å².